The van der Waals surface area contributed by atoms with E-state index in [1.54, 1.807) is 0 Å². The number of aldehydes is 1. The molecule has 0 unspecified atom stereocenters. The zero-order valence-electron chi connectivity index (χ0n) is 21.2. The second-order valence-corrected chi connectivity index (χ2v) is 8.68. The van der Waals surface area contributed by atoms with Gasteiger partial charge >= 0.3 is 6.09 Å². The van der Waals surface area contributed by atoms with Gasteiger partial charge in [0.15, 0.2) is 0 Å². The van der Waals surface area contributed by atoms with Crippen molar-refractivity contribution in [2.75, 3.05) is 6.61 Å². The molecule has 0 heterocycles. The summed E-state index contributed by atoms with van der Waals surface area (Å²) >= 11 is 0. The second kappa shape index (κ2) is 15.1. The number of ether oxygens (including phenoxy) is 2. The maximum absolute atomic E-state index is 13.2. The predicted octanol–water partition coefficient (Wildman–Crippen LogP) is 5.28. The minimum atomic E-state index is -0.903. The van der Waals surface area contributed by atoms with Crippen molar-refractivity contribution in [2.45, 2.75) is 51.7 Å². The molecular weight excluding hydrogens is 468 g/mol. The Morgan fingerprint density at radius 1 is 0.892 bits per heavy atom. The molecule has 1 N–H and O–H groups in total. The van der Waals surface area contributed by atoms with Gasteiger partial charge in [0.25, 0.3) is 0 Å². The molecule has 0 radical (unpaired) electrons. The van der Waals surface area contributed by atoms with Crippen LogP contribution in [0.3, 0.4) is 0 Å². The topological polar surface area (TPSA) is 84.9 Å². The van der Waals surface area contributed by atoms with Gasteiger partial charge in [-0.2, -0.15) is 0 Å². The van der Waals surface area contributed by atoms with Crippen LogP contribution in [0, 0.1) is 0 Å². The molecule has 0 spiro atoms. The molecule has 0 saturated heterocycles. The highest BCUT2D eigenvalue weighted by Crippen LogP contribution is 2.16. The first-order chi connectivity index (χ1) is 18.1. The third kappa shape index (κ3) is 9.44. The summed E-state index contributed by atoms with van der Waals surface area (Å²) in [6, 6.07) is 25.3. The van der Waals surface area contributed by atoms with Gasteiger partial charge in [0.05, 0.1) is 6.61 Å². The third-order valence-corrected chi connectivity index (χ3v) is 5.79. The van der Waals surface area contributed by atoms with Gasteiger partial charge in [0, 0.05) is 12.8 Å². The van der Waals surface area contributed by atoms with E-state index in [4.69, 9.17) is 9.47 Å². The number of benzene rings is 3. The monoisotopic (exact) mass is 502 g/mol. The Labute approximate surface area is 218 Å². The van der Waals surface area contributed by atoms with Crippen molar-refractivity contribution in [1.82, 2.24) is 10.4 Å². The normalized spacial score (nSPS) is 11.3. The largest absolute Gasteiger partial charge is 0.494 e. The lowest BCUT2D eigenvalue weighted by atomic mass is 10.1. The van der Waals surface area contributed by atoms with Crippen molar-refractivity contribution in [2.24, 2.45) is 0 Å². The minimum Gasteiger partial charge on any atom is -0.494 e. The molecule has 194 valence electrons. The first-order valence-electron chi connectivity index (χ1n) is 12.6. The molecule has 3 rings (SSSR count). The quantitative estimate of drug-likeness (QED) is 0.195. The molecule has 7 nitrogen and oxygen atoms in total. The van der Waals surface area contributed by atoms with Crippen molar-refractivity contribution in [3.05, 3.63) is 102 Å². The van der Waals surface area contributed by atoms with E-state index in [0.29, 0.717) is 19.3 Å². The lowest BCUT2D eigenvalue weighted by Crippen LogP contribution is -2.53. The average Bonchev–Trinajstić information content (AvgIpc) is 2.94. The van der Waals surface area contributed by atoms with E-state index in [-0.39, 0.29) is 25.4 Å². The lowest BCUT2D eigenvalue weighted by molar-refractivity contribution is -0.139. The molecule has 0 aliphatic carbocycles. The fraction of sp³-hybridized carbons (Fsp3) is 0.300. The van der Waals surface area contributed by atoms with Crippen LogP contribution in [0.2, 0.25) is 0 Å². The molecule has 1 atom stereocenters. The molecule has 2 amide bonds. The number of hydrogen-bond acceptors (Lipinski definition) is 5. The van der Waals surface area contributed by atoms with Crippen molar-refractivity contribution in [3.8, 4) is 5.75 Å². The number of hydrogen-bond donors (Lipinski definition) is 1. The summed E-state index contributed by atoms with van der Waals surface area (Å²) in [6.45, 7) is 2.79. The molecule has 0 saturated carbocycles. The Bertz CT molecular complexity index is 1100. The highest BCUT2D eigenvalue weighted by atomic mass is 16.6. The number of hydrazine groups is 1. The summed E-state index contributed by atoms with van der Waals surface area (Å²) in [6.07, 6.45) is 2.72. The van der Waals surface area contributed by atoms with E-state index in [9.17, 15) is 14.4 Å². The first kappa shape index (κ1) is 27.5. The number of unbranched alkanes of at least 4 members (excludes halogenated alkanes) is 1. The van der Waals surface area contributed by atoms with Gasteiger partial charge in [0.1, 0.15) is 24.7 Å². The van der Waals surface area contributed by atoms with Gasteiger partial charge < -0.3 is 14.3 Å². The molecule has 7 heteroatoms. The number of nitrogens with one attached hydrogen (secondary N) is 1. The molecule has 37 heavy (non-hydrogen) atoms. The van der Waals surface area contributed by atoms with Gasteiger partial charge in [0.2, 0.25) is 5.91 Å². The fourth-order valence-electron chi connectivity index (χ4n) is 3.70. The number of amides is 2. The lowest BCUT2D eigenvalue weighted by Gasteiger charge is -2.28. The van der Waals surface area contributed by atoms with Gasteiger partial charge in [-0.1, -0.05) is 86.1 Å². The maximum atomic E-state index is 13.2. The summed E-state index contributed by atoms with van der Waals surface area (Å²) in [5.74, 6) is 0.371. The number of aryl methyl sites for hydroxylation is 1. The number of carbonyl (C=O) groups is 3. The Morgan fingerprint density at radius 2 is 1.54 bits per heavy atom. The summed E-state index contributed by atoms with van der Waals surface area (Å²) in [5, 5.41) is 1.09. The van der Waals surface area contributed by atoms with E-state index in [1.807, 2.05) is 84.9 Å². The van der Waals surface area contributed by atoms with E-state index in [0.717, 1.165) is 40.3 Å². The molecule has 3 aromatic carbocycles. The summed E-state index contributed by atoms with van der Waals surface area (Å²) < 4.78 is 11.0. The third-order valence-electron chi connectivity index (χ3n) is 5.79. The zero-order valence-corrected chi connectivity index (χ0v) is 21.2. The molecule has 0 aromatic heterocycles. The van der Waals surface area contributed by atoms with Crippen molar-refractivity contribution < 1.29 is 23.9 Å². The van der Waals surface area contributed by atoms with E-state index in [1.165, 1.54) is 0 Å². The van der Waals surface area contributed by atoms with Gasteiger partial charge in [-0.15, -0.1) is 0 Å². The summed E-state index contributed by atoms with van der Waals surface area (Å²) in [5.41, 5.74) is 5.14. The fourth-order valence-corrected chi connectivity index (χ4v) is 3.70. The average molecular weight is 503 g/mol. The molecule has 0 fully saturated rings. The Morgan fingerprint density at radius 3 is 2.16 bits per heavy atom. The molecule has 0 bridgehead atoms. The van der Waals surface area contributed by atoms with Crippen LogP contribution in [0.4, 0.5) is 4.79 Å². The van der Waals surface area contributed by atoms with Crippen LogP contribution in [0.1, 0.15) is 42.9 Å². The zero-order chi connectivity index (χ0) is 26.3. The van der Waals surface area contributed by atoms with Crippen LogP contribution >= 0.6 is 0 Å². The van der Waals surface area contributed by atoms with Gasteiger partial charge in [-0.05, 0) is 41.7 Å². The second-order valence-electron chi connectivity index (χ2n) is 8.68. The summed E-state index contributed by atoms with van der Waals surface area (Å²) in [4.78, 5) is 37.9. The Kier molecular flexibility index (Phi) is 11.2. The standard InChI is InChI=1S/C30H34N2O5/c1-2-3-20-36-28-17-14-25(15-18-28)21-27(22-33)32(29(34)19-16-24-10-6-4-7-11-24)31-30(35)37-23-26-12-8-5-9-13-26/h4-15,17-18,22,27H,2-3,16,19-21,23H2,1H3,(H,31,35)/t27-/m0/s1. The van der Waals surface area contributed by atoms with E-state index >= 15 is 0 Å². The number of rotatable bonds is 13. The van der Waals surface area contributed by atoms with E-state index in [2.05, 4.69) is 12.3 Å². The molecular formula is C30H34N2O5. The maximum Gasteiger partial charge on any atom is 0.426 e. The van der Waals surface area contributed by atoms with Crippen molar-refractivity contribution in [1.29, 1.82) is 0 Å². The van der Waals surface area contributed by atoms with Gasteiger partial charge in [-0.3, -0.25) is 4.79 Å². The molecule has 3 aromatic rings. The van der Waals surface area contributed by atoms with Gasteiger partial charge in [-0.25, -0.2) is 15.2 Å². The highest BCUT2D eigenvalue weighted by Gasteiger charge is 2.26. The predicted molar refractivity (Wildman–Crippen MR) is 142 cm³/mol. The van der Waals surface area contributed by atoms with Crippen LogP contribution < -0.4 is 10.2 Å². The smallest absolute Gasteiger partial charge is 0.426 e. The van der Waals surface area contributed by atoms with Crippen molar-refractivity contribution in [3.63, 3.8) is 0 Å². The van der Waals surface area contributed by atoms with Crippen LogP contribution in [0.5, 0.6) is 5.75 Å². The molecule has 0 aliphatic rings. The highest BCUT2D eigenvalue weighted by molar-refractivity contribution is 5.82. The SMILES string of the molecule is CCCCOc1ccc(C[C@@H](C=O)N(NC(=O)OCc2ccccc2)C(=O)CCc2ccccc2)cc1. The summed E-state index contributed by atoms with van der Waals surface area (Å²) in [7, 11) is 0. The van der Waals surface area contributed by atoms with Crippen LogP contribution in [-0.4, -0.2) is 35.9 Å². The number of carbonyl (C=O) groups excluding carboxylic acids is 3. The number of nitrogens with zero attached hydrogens (tertiary/aromatic N) is 1. The Balaban J connectivity index is 1.67. The van der Waals surface area contributed by atoms with Crippen LogP contribution in [-0.2, 0) is 33.8 Å². The van der Waals surface area contributed by atoms with Crippen LogP contribution in [0.15, 0.2) is 84.9 Å². The first-order valence-corrected chi connectivity index (χ1v) is 12.6. The Hall–Kier alpha value is -4.13. The minimum absolute atomic E-state index is 0.0456. The van der Waals surface area contributed by atoms with E-state index < -0.39 is 12.1 Å². The molecule has 0 aliphatic heterocycles. The van der Waals surface area contributed by atoms with Crippen molar-refractivity contribution >= 4 is 18.3 Å². The van der Waals surface area contributed by atoms with Crippen LogP contribution in [0.25, 0.3) is 0 Å².